The lowest BCUT2D eigenvalue weighted by Crippen LogP contribution is -2.28. The quantitative estimate of drug-likeness (QED) is 0.253. The van der Waals surface area contributed by atoms with Crippen molar-refractivity contribution in [2.75, 3.05) is 27.4 Å². The first kappa shape index (κ1) is 34.4. The number of benzene rings is 2. The average Bonchev–Trinajstić information content (AvgIpc) is 3.64. The molecule has 0 radical (unpaired) electrons. The SMILES string of the molecule is COc1cc2c(cc1OCCCOc1c(Br)c3c(c(Br)c1OC)CN(C(=O)C[C@H](C)C(=O)O)C3)CN(C(=O)C[C@H](C)C(=O)O)C2. The third-order valence-corrected chi connectivity index (χ3v) is 9.59. The summed E-state index contributed by atoms with van der Waals surface area (Å²) in [6, 6.07) is 3.69. The van der Waals surface area contributed by atoms with E-state index in [9.17, 15) is 24.3 Å². The van der Waals surface area contributed by atoms with Crippen LogP contribution >= 0.6 is 31.9 Å². The Labute approximate surface area is 277 Å². The summed E-state index contributed by atoms with van der Waals surface area (Å²) in [7, 11) is 3.07. The molecule has 12 nitrogen and oxygen atoms in total. The number of methoxy groups -OCH3 is 2. The Kier molecular flexibility index (Phi) is 11.2. The summed E-state index contributed by atoms with van der Waals surface area (Å²) >= 11 is 7.24. The van der Waals surface area contributed by atoms with Gasteiger partial charge in [0.1, 0.15) is 0 Å². The molecule has 244 valence electrons. The molecule has 2 amide bonds. The second-order valence-electron chi connectivity index (χ2n) is 11.2. The Hall–Kier alpha value is -3.52. The lowest BCUT2D eigenvalue weighted by atomic mass is 10.1. The molecule has 45 heavy (non-hydrogen) atoms. The van der Waals surface area contributed by atoms with Gasteiger partial charge in [0.25, 0.3) is 0 Å². The van der Waals surface area contributed by atoms with Gasteiger partial charge in [0.15, 0.2) is 23.0 Å². The molecule has 0 saturated heterocycles. The summed E-state index contributed by atoms with van der Waals surface area (Å²) in [5, 5.41) is 18.3. The first-order valence-electron chi connectivity index (χ1n) is 14.4. The second-order valence-corrected chi connectivity index (χ2v) is 12.7. The highest BCUT2D eigenvalue weighted by Gasteiger charge is 2.33. The molecule has 2 N–H and O–H groups in total. The number of carbonyl (C=O) groups is 4. The van der Waals surface area contributed by atoms with Gasteiger partial charge >= 0.3 is 11.9 Å². The minimum absolute atomic E-state index is 0.0616. The Morgan fingerprint density at radius 2 is 1.20 bits per heavy atom. The van der Waals surface area contributed by atoms with Crippen molar-refractivity contribution in [1.82, 2.24) is 9.80 Å². The highest BCUT2D eigenvalue weighted by Crippen LogP contribution is 2.49. The van der Waals surface area contributed by atoms with Crippen molar-refractivity contribution in [3.63, 3.8) is 0 Å². The van der Waals surface area contributed by atoms with Crippen molar-refractivity contribution in [1.29, 1.82) is 0 Å². The number of ether oxygens (including phenoxy) is 4. The molecule has 2 heterocycles. The van der Waals surface area contributed by atoms with Crippen LogP contribution in [0.15, 0.2) is 21.1 Å². The van der Waals surface area contributed by atoms with Crippen molar-refractivity contribution in [3.8, 4) is 23.0 Å². The van der Waals surface area contributed by atoms with E-state index >= 15 is 0 Å². The Morgan fingerprint density at radius 1 is 0.733 bits per heavy atom. The van der Waals surface area contributed by atoms with Crippen molar-refractivity contribution in [3.05, 3.63) is 43.3 Å². The van der Waals surface area contributed by atoms with E-state index in [1.807, 2.05) is 12.1 Å². The number of fused-ring (bicyclic) bond motifs is 2. The maximum atomic E-state index is 12.8. The lowest BCUT2D eigenvalue weighted by Gasteiger charge is -2.18. The van der Waals surface area contributed by atoms with Crippen LogP contribution in [0.1, 0.15) is 55.4 Å². The third kappa shape index (κ3) is 7.66. The highest BCUT2D eigenvalue weighted by atomic mass is 79.9. The van der Waals surface area contributed by atoms with E-state index in [1.54, 1.807) is 16.9 Å². The van der Waals surface area contributed by atoms with Gasteiger partial charge in [0.05, 0.1) is 48.2 Å². The van der Waals surface area contributed by atoms with Crippen molar-refractivity contribution < 1.29 is 48.3 Å². The number of carboxylic acid groups (broad SMARTS) is 2. The van der Waals surface area contributed by atoms with Crippen LogP contribution in [-0.2, 0) is 45.4 Å². The van der Waals surface area contributed by atoms with Gasteiger partial charge in [-0.1, -0.05) is 13.8 Å². The van der Waals surface area contributed by atoms with Crippen LogP contribution in [0.2, 0.25) is 0 Å². The fraction of sp³-hybridized carbons (Fsp3) is 0.484. The maximum absolute atomic E-state index is 12.8. The molecule has 2 aliphatic heterocycles. The first-order valence-corrected chi connectivity index (χ1v) is 16.0. The molecule has 0 aliphatic carbocycles. The third-order valence-electron chi connectivity index (χ3n) is 7.91. The Bertz CT molecular complexity index is 1500. The summed E-state index contributed by atoms with van der Waals surface area (Å²) in [5.74, 6) is -1.98. The first-order chi connectivity index (χ1) is 21.4. The predicted octanol–water partition coefficient (Wildman–Crippen LogP) is 4.98. The van der Waals surface area contributed by atoms with Gasteiger partial charge in [-0.3, -0.25) is 19.2 Å². The molecule has 2 aliphatic rings. The zero-order chi connectivity index (χ0) is 33.0. The number of amides is 2. The number of aliphatic carboxylic acids is 2. The minimum atomic E-state index is -1.01. The molecular weight excluding hydrogens is 720 g/mol. The van der Waals surface area contributed by atoms with Crippen LogP contribution in [0.4, 0.5) is 0 Å². The molecule has 2 aromatic carbocycles. The number of hydrogen-bond donors (Lipinski definition) is 2. The van der Waals surface area contributed by atoms with E-state index in [4.69, 9.17) is 24.1 Å². The molecule has 0 aromatic heterocycles. The van der Waals surface area contributed by atoms with Gasteiger partial charge in [-0.25, -0.2) is 0 Å². The highest BCUT2D eigenvalue weighted by molar-refractivity contribution is 9.11. The van der Waals surface area contributed by atoms with E-state index in [0.29, 0.717) is 71.2 Å². The number of carboxylic acids is 2. The van der Waals surface area contributed by atoms with Crippen LogP contribution in [0.25, 0.3) is 0 Å². The monoisotopic (exact) mass is 754 g/mol. The topological polar surface area (TPSA) is 152 Å². The van der Waals surface area contributed by atoms with Gasteiger partial charge in [-0.2, -0.15) is 0 Å². The number of rotatable bonds is 14. The van der Waals surface area contributed by atoms with E-state index in [0.717, 1.165) is 22.3 Å². The molecular formula is C31H36Br2N2O10. The van der Waals surface area contributed by atoms with E-state index < -0.39 is 23.8 Å². The zero-order valence-corrected chi connectivity index (χ0v) is 28.7. The van der Waals surface area contributed by atoms with Gasteiger partial charge in [0.2, 0.25) is 11.8 Å². The molecule has 14 heteroatoms. The second kappa shape index (κ2) is 14.7. The predicted molar refractivity (Wildman–Crippen MR) is 168 cm³/mol. The van der Waals surface area contributed by atoms with Crippen molar-refractivity contribution in [2.24, 2.45) is 11.8 Å². The van der Waals surface area contributed by atoms with Crippen LogP contribution in [0.5, 0.6) is 23.0 Å². The van der Waals surface area contributed by atoms with Gasteiger partial charge in [-0.05, 0) is 66.2 Å². The molecule has 0 spiro atoms. The fourth-order valence-electron chi connectivity index (χ4n) is 5.22. The number of halogens is 2. The van der Waals surface area contributed by atoms with Gasteiger partial charge in [-0.15, -0.1) is 0 Å². The fourth-order valence-corrected chi connectivity index (χ4v) is 6.59. The average molecular weight is 756 g/mol. The lowest BCUT2D eigenvalue weighted by molar-refractivity contribution is -0.145. The normalized spacial score (nSPS) is 14.8. The van der Waals surface area contributed by atoms with Crippen LogP contribution < -0.4 is 18.9 Å². The molecule has 0 saturated carbocycles. The Balaban J connectivity index is 1.36. The largest absolute Gasteiger partial charge is 0.493 e. The minimum Gasteiger partial charge on any atom is -0.493 e. The van der Waals surface area contributed by atoms with Crippen molar-refractivity contribution >= 4 is 55.6 Å². The zero-order valence-electron chi connectivity index (χ0n) is 25.5. The molecule has 2 atom stereocenters. The van der Waals surface area contributed by atoms with Crippen LogP contribution in [-0.4, -0.2) is 71.2 Å². The maximum Gasteiger partial charge on any atom is 0.306 e. The van der Waals surface area contributed by atoms with Gasteiger partial charge < -0.3 is 39.0 Å². The Morgan fingerprint density at radius 3 is 1.69 bits per heavy atom. The van der Waals surface area contributed by atoms with E-state index in [2.05, 4.69) is 31.9 Å². The van der Waals surface area contributed by atoms with Crippen LogP contribution in [0, 0.1) is 11.8 Å². The summed E-state index contributed by atoms with van der Waals surface area (Å²) in [6.07, 6.45) is 0.365. The van der Waals surface area contributed by atoms with Gasteiger partial charge in [0, 0.05) is 45.4 Å². The van der Waals surface area contributed by atoms with Crippen molar-refractivity contribution in [2.45, 2.75) is 59.3 Å². The summed E-state index contributed by atoms with van der Waals surface area (Å²) < 4.78 is 24.7. The molecule has 4 rings (SSSR count). The molecule has 0 bridgehead atoms. The van der Waals surface area contributed by atoms with E-state index in [1.165, 1.54) is 21.0 Å². The van der Waals surface area contributed by atoms with Crippen LogP contribution in [0.3, 0.4) is 0 Å². The number of nitrogens with zero attached hydrogens (tertiary/aromatic N) is 2. The molecule has 0 unspecified atom stereocenters. The standard InChI is InChI=1S/C31H36Br2N2O10/c1-16(30(38)39)8-24(36)34-12-18-10-22(42-3)23(11-19(18)13-34)44-6-5-7-45-29-27(33)21-15-35(25(37)9-17(2)31(40)41)14-20(21)26(32)28(29)43-4/h10-11,16-17H,5-9,12-15H2,1-4H3,(H,38,39)(H,40,41)/t16-,17-/m0/s1. The van der Waals surface area contributed by atoms with E-state index in [-0.39, 0.29) is 31.3 Å². The molecule has 2 aromatic rings. The molecule has 0 fully saturated rings. The number of carbonyl (C=O) groups excluding carboxylic acids is 2. The smallest absolute Gasteiger partial charge is 0.306 e. The summed E-state index contributed by atoms with van der Waals surface area (Å²) in [6.45, 7) is 5.00. The summed E-state index contributed by atoms with van der Waals surface area (Å²) in [5.41, 5.74) is 3.57. The number of hydrogen-bond acceptors (Lipinski definition) is 8. The summed E-state index contributed by atoms with van der Waals surface area (Å²) in [4.78, 5) is 51.0.